The number of benzene rings is 1. The number of sulfone groups is 1. The zero-order valence-corrected chi connectivity index (χ0v) is 12.6. The van der Waals surface area contributed by atoms with Gasteiger partial charge < -0.3 is 0 Å². The number of hydrogen-bond donors (Lipinski definition) is 1. The van der Waals surface area contributed by atoms with Crippen LogP contribution in [0.2, 0.25) is 0 Å². The lowest BCUT2D eigenvalue weighted by Gasteiger charge is -2.15. The van der Waals surface area contributed by atoms with Crippen molar-refractivity contribution in [1.29, 1.82) is 0 Å². The van der Waals surface area contributed by atoms with Crippen LogP contribution in [0.15, 0.2) is 17.0 Å². The number of nitrogens with one attached hydrogen (secondary N) is 1. The zero-order chi connectivity index (χ0) is 16.0. The average Bonchev–Trinajstić information content (AvgIpc) is 2.48. The van der Waals surface area contributed by atoms with Gasteiger partial charge in [-0.15, -0.1) is 11.6 Å². The van der Waals surface area contributed by atoms with Gasteiger partial charge in [-0.25, -0.2) is 34.7 Å². The molecule has 1 aromatic rings. The van der Waals surface area contributed by atoms with Crippen molar-refractivity contribution >= 4 is 31.5 Å². The van der Waals surface area contributed by atoms with Crippen molar-refractivity contribution in [2.75, 3.05) is 11.5 Å². The fourth-order valence-electron chi connectivity index (χ4n) is 1.96. The molecule has 1 saturated heterocycles. The molecule has 1 fully saturated rings. The van der Waals surface area contributed by atoms with Gasteiger partial charge >= 0.3 is 0 Å². The van der Waals surface area contributed by atoms with Gasteiger partial charge in [-0.3, -0.25) is 0 Å². The standard InChI is InChI=1S/C10H9ClF3NO4S2/c11-6-3-20(16,17)4-9(6)15-21(18,19)10-7(13)1-5(12)2-8(10)14/h1-2,6,9,15H,3-4H2. The highest BCUT2D eigenvalue weighted by molar-refractivity contribution is 7.92. The molecule has 1 aromatic carbocycles. The lowest BCUT2D eigenvalue weighted by molar-refractivity contribution is 0.490. The first-order valence-corrected chi connectivity index (χ1v) is 9.27. The molecule has 2 unspecified atom stereocenters. The lowest BCUT2D eigenvalue weighted by atomic mass is 10.3. The second-order valence-electron chi connectivity index (χ2n) is 4.52. The third-order valence-electron chi connectivity index (χ3n) is 2.82. The van der Waals surface area contributed by atoms with Crippen molar-refractivity contribution in [3.8, 4) is 0 Å². The Morgan fingerprint density at radius 3 is 2.10 bits per heavy atom. The summed E-state index contributed by atoms with van der Waals surface area (Å²) in [5.41, 5.74) is 0. The molecular weight excluding hydrogens is 355 g/mol. The molecule has 0 saturated carbocycles. The minimum absolute atomic E-state index is 0.210. The summed E-state index contributed by atoms with van der Waals surface area (Å²) in [7, 11) is -8.25. The van der Waals surface area contributed by atoms with Gasteiger partial charge in [0.2, 0.25) is 10.0 Å². The SMILES string of the molecule is O=S1(=O)CC(Cl)C(NS(=O)(=O)c2c(F)cc(F)cc2F)C1. The van der Waals surface area contributed by atoms with E-state index in [0.717, 1.165) is 0 Å². The smallest absolute Gasteiger partial charge is 0.229 e. The summed E-state index contributed by atoms with van der Waals surface area (Å²) >= 11 is 5.71. The normalized spacial score (nSPS) is 25.1. The van der Waals surface area contributed by atoms with Gasteiger partial charge in [-0.1, -0.05) is 0 Å². The van der Waals surface area contributed by atoms with E-state index < -0.39 is 65.1 Å². The van der Waals surface area contributed by atoms with Crippen molar-refractivity contribution in [3.05, 3.63) is 29.6 Å². The Morgan fingerprint density at radius 1 is 1.14 bits per heavy atom. The minimum atomic E-state index is -4.72. The summed E-state index contributed by atoms with van der Waals surface area (Å²) < 4.78 is 88.1. The van der Waals surface area contributed by atoms with Gasteiger partial charge in [0.15, 0.2) is 14.7 Å². The Kier molecular flexibility index (Phi) is 4.26. The number of alkyl halides is 1. The number of hydrogen-bond acceptors (Lipinski definition) is 4. The number of sulfonamides is 1. The maximum absolute atomic E-state index is 13.5. The summed E-state index contributed by atoms with van der Waals surface area (Å²) in [6.45, 7) is 0. The Bertz CT molecular complexity index is 758. The van der Waals surface area contributed by atoms with E-state index in [1.54, 1.807) is 0 Å². The van der Waals surface area contributed by atoms with Gasteiger partial charge in [0.25, 0.3) is 0 Å². The third kappa shape index (κ3) is 3.50. The summed E-state index contributed by atoms with van der Waals surface area (Å²) in [6.07, 6.45) is 0. The van der Waals surface area contributed by atoms with Crippen molar-refractivity contribution in [3.63, 3.8) is 0 Å². The molecule has 0 bridgehead atoms. The second kappa shape index (κ2) is 5.41. The van der Waals surface area contributed by atoms with Crippen molar-refractivity contribution in [1.82, 2.24) is 4.72 Å². The van der Waals surface area contributed by atoms with Crippen LogP contribution >= 0.6 is 11.6 Å². The summed E-state index contributed by atoms with van der Waals surface area (Å²) in [6, 6.07) is -0.798. The maximum Gasteiger partial charge on any atom is 0.246 e. The molecule has 1 aliphatic rings. The van der Waals surface area contributed by atoms with Crippen molar-refractivity contribution < 1.29 is 30.0 Å². The Balaban J connectivity index is 2.37. The van der Waals surface area contributed by atoms with E-state index in [0.29, 0.717) is 0 Å². The summed E-state index contributed by atoms with van der Waals surface area (Å²) in [5.74, 6) is -5.54. The molecule has 2 rings (SSSR count). The van der Waals surface area contributed by atoms with Crippen LogP contribution in [0, 0.1) is 17.5 Å². The summed E-state index contributed by atoms with van der Waals surface area (Å²) in [5, 5.41) is -1.06. The predicted octanol–water partition coefficient (Wildman–Crippen LogP) is 0.787. The highest BCUT2D eigenvalue weighted by Crippen LogP contribution is 2.24. The van der Waals surface area contributed by atoms with Gasteiger partial charge in [0, 0.05) is 12.1 Å². The molecule has 0 spiro atoms. The van der Waals surface area contributed by atoms with Crippen LogP contribution in [0.1, 0.15) is 0 Å². The van der Waals surface area contributed by atoms with Crippen LogP contribution < -0.4 is 4.72 Å². The van der Waals surface area contributed by atoms with Crippen LogP contribution in [-0.2, 0) is 19.9 Å². The lowest BCUT2D eigenvalue weighted by Crippen LogP contribution is -2.41. The monoisotopic (exact) mass is 363 g/mol. The highest BCUT2D eigenvalue weighted by Gasteiger charge is 2.40. The molecule has 11 heteroatoms. The Morgan fingerprint density at radius 2 is 1.67 bits per heavy atom. The molecule has 2 atom stereocenters. The van der Waals surface area contributed by atoms with Gasteiger partial charge in [0.05, 0.1) is 22.9 Å². The number of halogens is 4. The molecule has 1 N–H and O–H groups in total. The molecular formula is C10H9ClF3NO4S2. The van der Waals surface area contributed by atoms with Crippen LogP contribution in [-0.4, -0.2) is 39.8 Å². The van der Waals surface area contributed by atoms with E-state index in [1.165, 1.54) is 0 Å². The van der Waals surface area contributed by atoms with E-state index >= 15 is 0 Å². The van der Waals surface area contributed by atoms with Crippen molar-refractivity contribution in [2.24, 2.45) is 0 Å². The van der Waals surface area contributed by atoms with E-state index in [-0.39, 0.29) is 12.1 Å². The van der Waals surface area contributed by atoms with Crippen LogP contribution in [0.4, 0.5) is 13.2 Å². The van der Waals surface area contributed by atoms with Gasteiger partial charge in [-0.05, 0) is 0 Å². The highest BCUT2D eigenvalue weighted by atomic mass is 35.5. The number of rotatable bonds is 3. The minimum Gasteiger partial charge on any atom is -0.229 e. The van der Waals surface area contributed by atoms with Crippen molar-refractivity contribution in [2.45, 2.75) is 16.3 Å². The van der Waals surface area contributed by atoms with Gasteiger partial charge in [0.1, 0.15) is 17.5 Å². The molecule has 1 heterocycles. The van der Waals surface area contributed by atoms with Crippen LogP contribution in [0.3, 0.4) is 0 Å². The first-order valence-electron chi connectivity index (χ1n) is 5.53. The maximum atomic E-state index is 13.5. The van der Waals surface area contributed by atoms with E-state index in [4.69, 9.17) is 11.6 Å². The molecule has 0 amide bonds. The van der Waals surface area contributed by atoms with Crippen LogP contribution in [0.25, 0.3) is 0 Å². The zero-order valence-electron chi connectivity index (χ0n) is 10.2. The predicted molar refractivity (Wildman–Crippen MR) is 68.7 cm³/mol. The molecule has 0 aliphatic carbocycles. The fourth-order valence-corrected chi connectivity index (χ4v) is 6.08. The fraction of sp³-hybridized carbons (Fsp3) is 0.400. The largest absolute Gasteiger partial charge is 0.246 e. The Hall–Kier alpha value is -0.840. The summed E-state index contributed by atoms with van der Waals surface area (Å²) in [4.78, 5) is -1.38. The van der Waals surface area contributed by atoms with E-state index in [1.807, 2.05) is 4.72 Å². The molecule has 0 aromatic heterocycles. The van der Waals surface area contributed by atoms with Crippen LogP contribution in [0.5, 0.6) is 0 Å². The molecule has 21 heavy (non-hydrogen) atoms. The average molecular weight is 364 g/mol. The molecule has 118 valence electrons. The third-order valence-corrected chi connectivity index (χ3v) is 6.74. The molecule has 0 radical (unpaired) electrons. The second-order valence-corrected chi connectivity index (χ2v) is 8.88. The first-order chi connectivity index (χ1) is 9.52. The topological polar surface area (TPSA) is 80.3 Å². The molecule has 1 aliphatic heterocycles. The quantitative estimate of drug-likeness (QED) is 0.805. The molecule has 5 nitrogen and oxygen atoms in total. The Labute approximate surface area is 124 Å². The van der Waals surface area contributed by atoms with Gasteiger partial charge in [-0.2, -0.15) is 0 Å². The van der Waals surface area contributed by atoms with E-state index in [9.17, 15) is 30.0 Å². The van der Waals surface area contributed by atoms with E-state index in [2.05, 4.69) is 0 Å². The first kappa shape index (κ1) is 16.5.